The molecule has 3 N–H and O–H groups in total. The molecule has 0 atom stereocenters. The Hall–Kier alpha value is -2.57. The van der Waals surface area contributed by atoms with Crippen molar-refractivity contribution >= 4 is 17.5 Å². The van der Waals surface area contributed by atoms with Gasteiger partial charge in [-0.05, 0) is 25.0 Å². The van der Waals surface area contributed by atoms with Gasteiger partial charge < -0.3 is 5.73 Å². The van der Waals surface area contributed by atoms with Crippen LogP contribution in [0.4, 0.5) is 11.6 Å². The van der Waals surface area contributed by atoms with Gasteiger partial charge in [-0.25, -0.2) is 4.98 Å². The minimum absolute atomic E-state index is 0.174. The molecule has 2 aromatic rings. The van der Waals surface area contributed by atoms with Crippen molar-refractivity contribution in [2.45, 2.75) is 26.7 Å². The zero-order valence-electron chi connectivity index (χ0n) is 11.4. The lowest BCUT2D eigenvalue weighted by molar-refractivity contribution is 0.102. The summed E-state index contributed by atoms with van der Waals surface area (Å²) in [4.78, 5) is 20.2. The molecule has 2 rings (SSSR count). The standard InChI is InChI=1S/C13H16N6O/c1-3-9-10(4-2)18-19-13(16-9)17-12(20)11-7-8(14)5-6-15-11/h5-7H,3-4H2,1-2H3,(H2,14,15)(H,16,17,19,20). The molecular weight excluding hydrogens is 256 g/mol. The van der Waals surface area contributed by atoms with Crippen LogP contribution in [0.3, 0.4) is 0 Å². The lowest BCUT2D eigenvalue weighted by Crippen LogP contribution is -2.17. The largest absolute Gasteiger partial charge is 0.399 e. The fourth-order valence-corrected chi connectivity index (χ4v) is 1.73. The first kappa shape index (κ1) is 13.9. The van der Waals surface area contributed by atoms with Crippen LogP contribution < -0.4 is 11.1 Å². The second kappa shape index (κ2) is 6.05. The van der Waals surface area contributed by atoms with Gasteiger partial charge in [-0.1, -0.05) is 13.8 Å². The minimum Gasteiger partial charge on any atom is -0.399 e. The Kier molecular flexibility index (Phi) is 4.19. The van der Waals surface area contributed by atoms with Crippen molar-refractivity contribution in [2.24, 2.45) is 0 Å². The van der Waals surface area contributed by atoms with Crippen molar-refractivity contribution in [3.63, 3.8) is 0 Å². The smallest absolute Gasteiger partial charge is 0.276 e. The number of carbonyl (C=O) groups excluding carboxylic acids is 1. The molecule has 20 heavy (non-hydrogen) atoms. The molecule has 0 saturated heterocycles. The van der Waals surface area contributed by atoms with Crippen molar-refractivity contribution in [1.29, 1.82) is 0 Å². The van der Waals surface area contributed by atoms with E-state index in [1.54, 1.807) is 6.07 Å². The molecule has 104 valence electrons. The van der Waals surface area contributed by atoms with E-state index in [1.807, 2.05) is 13.8 Å². The summed E-state index contributed by atoms with van der Waals surface area (Å²) in [6.07, 6.45) is 2.97. The van der Waals surface area contributed by atoms with Crippen LogP contribution >= 0.6 is 0 Å². The van der Waals surface area contributed by atoms with E-state index in [9.17, 15) is 4.79 Å². The second-order valence-corrected chi connectivity index (χ2v) is 4.16. The summed E-state index contributed by atoms with van der Waals surface area (Å²) in [6, 6.07) is 3.10. The van der Waals surface area contributed by atoms with Gasteiger partial charge in [0.15, 0.2) is 0 Å². The van der Waals surface area contributed by atoms with E-state index in [0.29, 0.717) is 5.69 Å². The number of amides is 1. The summed E-state index contributed by atoms with van der Waals surface area (Å²) in [6.45, 7) is 3.97. The van der Waals surface area contributed by atoms with Gasteiger partial charge in [-0.2, -0.15) is 0 Å². The van der Waals surface area contributed by atoms with Crippen LogP contribution in [-0.2, 0) is 12.8 Å². The van der Waals surface area contributed by atoms with Gasteiger partial charge in [0.1, 0.15) is 5.69 Å². The molecule has 0 unspecified atom stereocenters. The molecular formula is C13H16N6O. The highest BCUT2D eigenvalue weighted by atomic mass is 16.2. The number of carbonyl (C=O) groups is 1. The van der Waals surface area contributed by atoms with E-state index in [1.165, 1.54) is 12.3 Å². The molecule has 2 aromatic heterocycles. The SMILES string of the molecule is CCc1nnc(NC(=O)c2cc(N)ccn2)nc1CC. The lowest BCUT2D eigenvalue weighted by atomic mass is 10.2. The summed E-state index contributed by atoms with van der Waals surface area (Å²) in [5, 5.41) is 10.5. The van der Waals surface area contributed by atoms with Gasteiger partial charge in [-0.15, -0.1) is 10.2 Å². The van der Waals surface area contributed by atoms with Crippen molar-refractivity contribution in [3.05, 3.63) is 35.4 Å². The Morgan fingerprint density at radius 1 is 1.25 bits per heavy atom. The molecule has 2 heterocycles. The first-order chi connectivity index (χ1) is 9.63. The fraction of sp³-hybridized carbons (Fsp3) is 0.308. The Morgan fingerprint density at radius 2 is 2.00 bits per heavy atom. The first-order valence-electron chi connectivity index (χ1n) is 6.39. The van der Waals surface area contributed by atoms with Crippen LogP contribution in [0.25, 0.3) is 0 Å². The monoisotopic (exact) mass is 272 g/mol. The summed E-state index contributed by atoms with van der Waals surface area (Å²) in [7, 11) is 0. The van der Waals surface area contributed by atoms with E-state index >= 15 is 0 Å². The number of aryl methyl sites for hydroxylation is 2. The molecule has 0 aliphatic heterocycles. The average Bonchev–Trinajstić information content (AvgIpc) is 2.47. The average molecular weight is 272 g/mol. The van der Waals surface area contributed by atoms with Gasteiger partial charge in [0.25, 0.3) is 5.91 Å². The minimum atomic E-state index is -0.412. The number of hydrogen-bond acceptors (Lipinski definition) is 6. The number of nitrogens with two attached hydrogens (primary N) is 1. The number of aromatic nitrogens is 4. The first-order valence-corrected chi connectivity index (χ1v) is 6.39. The summed E-state index contributed by atoms with van der Waals surface area (Å²) in [5.41, 5.74) is 7.97. The van der Waals surface area contributed by atoms with Gasteiger partial charge >= 0.3 is 0 Å². The third kappa shape index (κ3) is 3.05. The third-order valence-corrected chi connectivity index (χ3v) is 2.75. The van der Waals surface area contributed by atoms with E-state index in [-0.39, 0.29) is 11.6 Å². The van der Waals surface area contributed by atoms with Crippen LogP contribution in [-0.4, -0.2) is 26.1 Å². The fourth-order valence-electron chi connectivity index (χ4n) is 1.73. The molecule has 0 spiro atoms. The Balaban J connectivity index is 2.19. The van der Waals surface area contributed by atoms with Crippen molar-refractivity contribution in [3.8, 4) is 0 Å². The number of pyridine rings is 1. The highest BCUT2D eigenvalue weighted by molar-refractivity contribution is 6.02. The molecule has 0 aliphatic carbocycles. The van der Waals surface area contributed by atoms with Crippen molar-refractivity contribution < 1.29 is 4.79 Å². The quantitative estimate of drug-likeness (QED) is 0.866. The molecule has 0 aromatic carbocycles. The Morgan fingerprint density at radius 3 is 2.65 bits per heavy atom. The Labute approximate surface area is 116 Å². The molecule has 0 aliphatic rings. The number of nitrogens with zero attached hydrogens (tertiary/aromatic N) is 4. The Bertz CT molecular complexity index is 628. The number of rotatable bonds is 4. The summed E-state index contributed by atoms with van der Waals surface area (Å²) < 4.78 is 0. The highest BCUT2D eigenvalue weighted by Crippen LogP contribution is 2.09. The maximum atomic E-state index is 12.0. The topological polar surface area (TPSA) is 107 Å². The third-order valence-electron chi connectivity index (χ3n) is 2.75. The molecule has 7 nitrogen and oxygen atoms in total. The van der Waals surface area contributed by atoms with Crippen LogP contribution in [0.2, 0.25) is 0 Å². The number of anilines is 2. The number of nitrogens with one attached hydrogen (secondary N) is 1. The van der Waals surface area contributed by atoms with Gasteiger partial charge in [0.2, 0.25) is 5.95 Å². The molecule has 7 heteroatoms. The number of nitrogen functional groups attached to an aromatic ring is 1. The van der Waals surface area contributed by atoms with Gasteiger partial charge in [0.05, 0.1) is 11.4 Å². The molecule has 0 fully saturated rings. The maximum Gasteiger partial charge on any atom is 0.276 e. The van der Waals surface area contributed by atoms with E-state index in [4.69, 9.17) is 5.73 Å². The van der Waals surface area contributed by atoms with Crippen molar-refractivity contribution in [2.75, 3.05) is 11.1 Å². The normalized spacial score (nSPS) is 10.3. The van der Waals surface area contributed by atoms with E-state index in [2.05, 4.69) is 25.5 Å². The van der Waals surface area contributed by atoms with Crippen molar-refractivity contribution in [1.82, 2.24) is 20.2 Å². The van der Waals surface area contributed by atoms with Crippen LogP contribution in [0, 0.1) is 0 Å². The summed E-state index contributed by atoms with van der Waals surface area (Å²) in [5.74, 6) is -0.237. The molecule has 0 radical (unpaired) electrons. The predicted octanol–water partition coefficient (Wildman–Crippen LogP) is 1.23. The number of hydrogen-bond donors (Lipinski definition) is 2. The predicted molar refractivity (Wildman–Crippen MR) is 75.2 cm³/mol. The maximum absolute atomic E-state index is 12.0. The lowest BCUT2D eigenvalue weighted by Gasteiger charge is -2.06. The van der Waals surface area contributed by atoms with Gasteiger partial charge in [-0.3, -0.25) is 15.1 Å². The highest BCUT2D eigenvalue weighted by Gasteiger charge is 2.12. The van der Waals surface area contributed by atoms with E-state index < -0.39 is 5.91 Å². The molecule has 0 bridgehead atoms. The van der Waals surface area contributed by atoms with Crippen LogP contribution in [0.1, 0.15) is 35.7 Å². The second-order valence-electron chi connectivity index (χ2n) is 4.16. The molecule has 0 saturated carbocycles. The summed E-state index contributed by atoms with van der Waals surface area (Å²) >= 11 is 0. The van der Waals surface area contributed by atoms with Gasteiger partial charge in [0, 0.05) is 11.9 Å². The van der Waals surface area contributed by atoms with E-state index in [0.717, 1.165) is 24.2 Å². The zero-order chi connectivity index (χ0) is 14.5. The zero-order valence-corrected chi connectivity index (χ0v) is 11.4. The van der Waals surface area contributed by atoms with Crippen LogP contribution in [0.15, 0.2) is 18.3 Å². The molecule has 1 amide bonds. The van der Waals surface area contributed by atoms with Crippen LogP contribution in [0.5, 0.6) is 0 Å².